The number of rotatable bonds is 5. The molecule has 0 bridgehead atoms. The minimum absolute atomic E-state index is 0.274. The smallest absolute Gasteiger partial charge is 0.404 e. The van der Waals surface area contributed by atoms with Crippen molar-refractivity contribution in [1.82, 2.24) is 9.97 Å². The monoisotopic (exact) mass is 451 g/mol. The SMILES string of the molecule is C[C@@H]1C[C@H](OC(N)=O)CN(c2ccncc2NC(=O)c2ccc3scc(C4CC4)c3n2)C1. The molecule has 0 aromatic carbocycles. The Morgan fingerprint density at radius 3 is 2.88 bits per heavy atom. The molecule has 0 unspecified atom stereocenters. The average molecular weight is 452 g/mol. The summed E-state index contributed by atoms with van der Waals surface area (Å²) in [5.41, 5.74) is 9.22. The number of hydrogen-bond donors (Lipinski definition) is 2. The van der Waals surface area contributed by atoms with Gasteiger partial charge in [-0.25, -0.2) is 9.78 Å². The summed E-state index contributed by atoms with van der Waals surface area (Å²) < 4.78 is 6.36. The number of aromatic nitrogens is 2. The van der Waals surface area contributed by atoms with Gasteiger partial charge in [-0.05, 0) is 60.2 Å². The lowest BCUT2D eigenvalue weighted by atomic mass is 9.97. The molecule has 9 heteroatoms. The fourth-order valence-corrected chi connectivity index (χ4v) is 5.41. The summed E-state index contributed by atoms with van der Waals surface area (Å²) in [6.07, 6.45) is 5.39. The molecule has 2 atom stereocenters. The molecule has 1 aliphatic carbocycles. The van der Waals surface area contributed by atoms with E-state index in [-0.39, 0.29) is 12.0 Å². The van der Waals surface area contributed by atoms with Crippen molar-refractivity contribution in [2.24, 2.45) is 11.7 Å². The zero-order valence-electron chi connectivity index (χ0n) is 17.8. The average Bonchev–Trinajstić information content (AvgIpc) is 3.51. The molecular formula is C23H25N5O3S. The molecule has 166 valence electrons. The lowest BCUT2D eigenvalue weighted by Gasteiger charge is -2.37. The maximum atomic E-state index is 13.1. The van der Waals surface area contributed by atoms with Gasteiger partial charge in [0.15, 0.2) is 0 Å². The van der Waals surface area contributed by atoms with Crippen LogP contribution in [0.25, 0.3) is 10.2 Å². The number of piperidine rings is 1. The highest BCUT2D eigenvalue weighted by molar-refractivity contribution is 7.17. The minimum Gasteiger partial charge on any atom is -0.445 e. The first-order chi connectivity index (χ1) is 15.5. The lowest BCUT2D eigenvalue weighted by Crippen LogP contribution is -2.45. The number of anilines is 2. The molecule has 1 aliphatic heterocycles. The van der Waals surface area contributed by atoms with Crippen molar-refractivity contribution in [2.75, 3.05) is 23.3 Å². The van der Waals surface area contributed by atoms with Crippen LogP contribution in [0, 0.1) is 5.92 Å². The second kappa shape index (κ2) is 8.38. The highest BCUT2D eigenvalue weighted by Crippen LogP contribution is 2.44. The number of nitrogens with zero attached hydrogens (tertiary/aromatic N) is 3. The number of carbonyl (C=O) groups is 2. The van der Waals surface area contributed by atoms with E-state index in [1.165, 1.54) is 18.4 Å². The topological polar surface area (TPSA) is 110 Å². The fourth-order valence-electron chi connectivity index (χ4n) is 4.43. The molecule has 3 N–H and O–H groups in total. The van der Waals surface area contributed by atoms with Gasteiger partial charge in [-0.3, -0.25) is 9.78 Å². The van der Waals surface area contributed by atoms with Crippen LogP contribution in [0.4, 0.5) is 16.2 Å². The number of pyridine rings is 2. The number of fused-ring (bicyclic) bond motifs is 1. The van der Waals surface area contributed by atoms with Gasteiger partial charge in [0.2, 0.25) is 0 Å². The molecule has 3 aromatic rings. The van der Waals surface area contributed by atoms with Crippen LogP contribution in [-0.2, 0) is 4.74 Å². The van der Waals surface area contributed by atoms with Crippen molar-refractivity contribution in [3.8, 4) is 0 Å². The van der Waals surface area contributed by atoms with E-state index < -0.39 is 6.09 Å². The van der Waals surface area contributed by atoms with Crippen molar-refractivity contribution in [3.05, 3.63) is 47.2 Å². The van der Waals surface area contributed by atoms with Crippen LogP contribution in [0.1, 0.15) is 48.2 Å². The van der Waals surface area contributed by atoms with Crippen molar-refractivity contribution in [1.29, 1.82) is 0 Å². The number of hydrogen-bond acceptors (Lipinski definition) is 7. The number of primary amides is 1. The fraction of sp³-hybridized carbons (Fsp3) is 0.391. The van der Waals surface area contributed by atoms with E-state index in [4.69, 9.17) is 10.5 Å². The van der Waals surface area contributed by atoms with Crippen LogP contribution >= 0.6 is 11.3 Å². The van der Waals surface area contributed by atoms with E-state index in [2.05, 4.69) is 32.5 Å². The Bertz CT molecular complexity index is 1180. The lowest BCUT2D eigenvalue weighted by molar-refractivity contribution is 0.0855. The second-order valence-electron chi connectivity index (χ2n) is 8.66. The number of nitrogens with one attached hydrogen (secondary N) is 1. The van der Waals surface area contributed by atoms with Gasteiger partial charge >= 0.3 is 6.09 Å². The molecule has 8 nitrogen and oxygen atoms in total. The first-order valence-electron chi connectivity index (χ1n) is 10.8. The third kappa shape index (κ3) is 4.25. The highest BCUT2D eigenvalue weighted by atomic mass is 32.1. The highest BCUT2D eigenvalue weighted by Gasteiger charge is 2.29. The number of thiophene rings is 1. The first-order valence-corrected chi connectivity index (χ1v) is 11.7. The largest absolute Gasteiger partial charge is 0.445 e. The molecule has 32 heavy (non-hydrogen) atoms. The summed E-state index contributed by atoms with van der Waals surface area (Å²) in [6.45, 7) is 3.37. The van der Waals surface area contributed by atoms with Gasteiger partial charge in [0.05, 0.1) is 34.3 Å². The predicted octanol–water partition coefficient (Wildman–Crippen LogP) is 4.13. The van der Waals surface area contributed by atoms with E-state index in [0.717, 1.165) is 28.9 Å². The van der Waals surface area contributed by atoms with E-state index in [1.807, 2.05) is 12.1 Å². The summed E-state index contributed by atoms with van der Waals surface area (Å²) in [6, 6.07) is 5.59. The third-order valence-corrected chi connectivity index (χ3v) is 6.94. The summed E-state index contributed by atoms with van der Waals surface area (Å²) >= 11 is 1.68. The Hall–Kier alpha value is -3.20. The Morgan fingerprint density at radius 2 is 2.09 bits per heavy atom. The van der Waals surface area contributed by atoms with Gasteiger partial charge in [-0.2, -0.15) is 0 Å². The third-order valence-electron chi connectivity index (χ3n) is 5.99. The van der Waals surface area contributed by atoms with Gasteiger partial charge in [-0.15, -0.1) is 11.3 Å². The Kier molecular flexibility index (Phi) is 5.42. The summed E-state index contributed by atoms with van der Waals surface area (Å²) in [5, 5.41) is 5.15. The number of carbonyl (C=O) groups excluding carboxylic acids is 2. The van der Waals surface area contributed by atoms with Crippen LogP contribution in [0.3, 0.4) is 0 Å². The Morgan fingerprint density at radius 1 is 1.25 bits per heavy atom. The molecule has 5 rings (SSSR count). The number of nitrogens with two attached hydrogens (primary N) is 1. The summed E-state index contributed by atoms with van der Waals surface area (Å²) in [7, 11) is 0. The molecule has 0 spiro atoms. The minimum atomic E-state index is -0.771. The van der Waals surface area contributed by atoms with Gasteiger partial charge in [0.1, 0.15) is 11.8 Å². The van der Waals surface area contributed by atoms with Crippen molar-refractivity contribution in [3.63, 3.8) is 0 Å². The molecule has 2 amide bonds. The van der Waals surface area contributed by atoms with Crippen molar-refractivity contribution < 1.29 is 14.3 Å². The predicted molar refractivity (Wildman–Crippen MR) is 124 cm³/mol. The van der Waals surface area contributed by atoms with E-state index in [0.29, 0.717) is 29.8 Å². The number of amides is 2. The maximum Gasteiger partial charge on any atom is 0.404 e. The van der Waals surface area contributed by atoms with Gasteiger partial charge in [-0.1, -0.05) is 6.92 Å². The standard InChI is InChI=1S/C23H25N5O3S/c1-13-8-15(31-23(24)30)11-28(10-13)19-6-7-25-9-18(19)27-22(29)17-4-5-20-21(26-17)16(12-32-20)14-2-3-14/h4-7,9,12-15H,2-3,8,10-11H2,1H3,(H2,24,30)(H,27,29)/t13-,15+/m1/s1. The van der Waals surface area contributed by atoms with Crippen molar-refractivity contribution >= 4 is 44.9 Å². The summed E-state index contributed by atoms with van der Waals surface area (Å²) in [4.78, 5) is 35.3. The van der Waals surface area contributed by atoms with E-state index in [1.54, 1.807) is 29.8 Å². The molecule has 1 saturated carbocycles. The van der Waals surface area contributed by atoms with Crippen LogP contribution in [0.2, 0.25) is 0 Å². The zero-order chi connectivity index (χ0) is 22.2. The van der Waals surface area contributed by atoms with Gasteiger partial charge < -0.3 is 20.7 Å². The molecule has 0 radical (unpaired) electrons. The van der Waals surface area contributed by atoms with Gasteiger partial charge in [0.25, 0.3) is 5.91 Å². The Balaban J connectivity index is 1.38. The molecule has 4 heterocycles. The van der Waals surface area contributed by atoms with Crippen LogP contribution in [0.15, 0.2) is 36.0 Å². The quantitative estimate of drug-likeness (QED) is 0.603. The maximum absolute atomic E-state index is 13.1. The normalized spacial score (nSPS) is 20.8. The molecule has 1 saturated heterocycles. The van der Waals surface area contributed by atoms with Crippen LogP contribution in [-0.4, -0.2) is 41.2 Å². The summed E-state index contributed by atoms with van der Waals surface area (Å²) in [5.74, 6) is 0.605. The zero-order valence-corrected chi connectivity index (χ0v) is 18.6. The Labute approximate surface area is 189 Å². The van der Waals surface area contributed by atoms with E-state index in [9.17, 15) is 9.59 Å². The first kappa shape index (κ1) is 20.7. The van der Waals surface area contributed by atoms with Crippen LogP contribution in [0.5, 0.6) is 0 Å². The van der Waals surface area contributed by atoms with Gasteiger partial charge in [0, 0.05) is 12.7 Å². The van der Waals surface area contributed by atoms with Crippen LogP contribution < -0.4 is 16.0 Å². The number of ether oxygens (including phenoxy) is 1. The molecule has 2 fully saturated rings. The molecular weight excluding hydrogens is 426 g/mol. The molecule has 3 aromatic heterocycles. The molecule has 2 aliphatic rings. The van der Waals surface area contributed by atoms with Crippen molar-refractivity contribution in [2.45, 2.75) is 38.2 Å². The van der Waals surface area contributed by atoms with E-state index >= 15 is 0 Å². The second-order valence-corrected chi connectivity index (χ2v) is 9.57.